The van der Waals surface area contributed by atoms with Crippen LogP contribution < -0.4 is 0 Å². The number of hydrogen-bond acceptors (Lipinski definition) is 0. The van der Waals surface area contributed by atoms with Crippen LogP contribution in [0.2, 0.25) is 0 Å². The van der Waals surface area contributed by atoms with E-state index in [0.29, 0.717) is 1.93 Å². The first-order valence-electron chi connectivity index (χ1n) is 2.64. The molecule has 0 saturated carbocycles. The topological polar surface area (TPSA) is 0 Å². The van der Waals surface area contributed by atoms with Crippen molar-refractivity contribution in [3.8, 4) is 0 Å². The van der Waals surface area contributed by atoms with Gasteiger partial charge >= 0.3 is 0 Å². The molecule has 0 heterocycles. The van der Waals surface area contributed by atoms with Gasteiger partial charge in [-0.15, -0.1) is 0 Å². The van der Waals surface area contributed by atoms with Crippen LogP contribution in [0, 0.1) is 0 Å². The van der Waals surface area contributed by atoms with Crippen molar-refractivity contribution in [2.75, 3.05) is 0 Å². The van der Waals surface area contributed by atoms with Gasteiger partial charge in [0, 0.05) is 0 Å². The van der Waals surface area contributed by atoms with E-state index < -0.39 is 0 Å². The molecular weight excluding hydrogens is 338 g/mol. The van der Waals surface area contributed by atoms with Crippen LogP contribution in [0.1, 0.15) is 7.49 Å². The Morgan fingerprint density at radius 1 is 1.00 bits per heavy atom. The standard InChI is InChI=1S/C7H6I2/c8-7(9)6-4-2-1-3-5-6/h1-5,7H. The molecule has 9 heavy (non-hydrogen) atoms. The van der Waals surface area contributed by atoms with Crippen LogP contribution in [0.25, 0.3) is 0 Å². The average molecular weight is 344 g/mol. The summed E-state index contributed by atoms with van der Waals surface area (Å²) in [7, 11) is 0. The third-order valence-electron chi connectivity index (χ3n) is 1.05. The highest BCUT2D eigenvalue weighted by Crippen LogP contribution is 2.29. The minimum absolute atomic E-state index is 0.599. The number of alkyl halides is 2. The second-order valence-corrected chi connectivity index (χ2v) is 6.59. The quantitative estimate of drug-likeness (QED) is 0.540. The van der Waals surface area contributed by atoms with E-state index in [4.69, 9.17) is 0 Å². The highest BCUT2D eigenvalue weighted by Gasteiger charge is 1.97. The number of benzene rings is 1. The Bertz CT molecular complexity index is 170. The second-order valence-electron chi connectivity index (χ2n) is 1.71. The molecule has 0 N–H and O–H groups in total. The summed E-state index contributed by atoms with van der Waals surface area (Å²) in [6.45, 7) is 0. The summed E-state index contributed by atoms with van der Waals surface area (Å²) in [5.41, 5.74) is 1.39. The van der Waals surface area contributed by atoms with Gasteiger partial charge in [0.25, 0.3) is 0 Å². The van der Waals surface area contributed by atoms with Crippen molar-refractivity contribution < 1.29 is 0 Å². The van der Waals surface area contributed by atoms with Crippen LogP contribution in [-0.4, -0.2) is 0 Å². The largest absolute Gasteiger partial charge is 0.0874 e. The number of hydrogen-bond donors (Lipinski definition) is 0. The molecule has 0 fully saturated rings. The molecule has 48 valence electrons. The van der Waals surface area contributed by atoms with Crippen molar-refractivity contribution in [2.24, 2.45) is 0 Å². The predicted octanol–water partition coefficient (Wildman–Crippen LogP) is 3.56. The van der Waals surface area contributed by atoms with Crippen molar-refractivity contribution in [3.63, 3.8) is 0 Å². The Labute approximate surface area is 82.3 Å². The van der Waals surface area contributed by atoms with Crippen LogP contribution >= 0.6 is 45.2 Å². The molecule has 0 unspecified atom stereocenters. The minimum atomic E-state index is 0.599. The zero-order valence-corrected chi connectivity index (χ0v) is 9.04. The van der Waals surface area contributed by atoms with E-state index in [1.54, 1.807) is 0 Å². The Morgan fingerprint density at radius 3 is 1.89 bits per heavy atom. The molecule has 0 aromatic heterocycles. The molecule has 0 bridgehead atoms. The lowest BCUT2D eigenvalue weighted by Crippen LogP contribution is -1.75. The van der Waals surface area contributed by atoms with Gasteiger partial charge in [0.15, 0.2) is 0 Å². The van der Waals surface area contributed by atoms with E-state index in [-0.39, 0.29) is 0 Å². The summed E-state index contributed by atoms with van der Waals surface area (Å²) >= 11 is 4.79. The maximum atomic E-state index is 2.39. The van der Waals surface area contributed by atoms with Crippen molar-refractivity contribution in [1.82, 2.24) is 0 Å². The lowest BCUT2D eigenvalue weighted by Gasteiger charge is -1.98. The molecule has 0 aliphatic rings. The van der Waals surface area contributed by atoms with E-state index in [2.05, 4.69) is 69.4 Å². The van der Waals surface area contributed by atoms with Crippen LogP contribution in [0.15, 0.2) is 30.3 Å². The molecule has 0 aliphatic carbocycles. The molecule has 1 aromatic carbocycles. The molecule has 0 spiro atoms. The zero-order chi connectivity index (χ0) is 6.69. The monoisotopic (exact) mass is 344 g/mol. The van der Waals surface area contributed by atoms with E-state index in [9.17, 15) is 0 Å². The van der Waals surface area contributed by atoms with Crippen molar-refractivity contribution in [2.45, 2.75) is 1.93 Å². The van der Waals surface area contributed by atoms with E-state index >= 15 is 0 Å². The van der Waals surface area contributed by atoms with Crippen molar-refractivity contribution in [3.05, 3.63) is 35.9 Å². The van der Waals surface area contributed by atoms with Crippen LogP contribution in [0.4, 0.5) is 0 Å². The van der Waals surface area contributed by atoms with Crippen molar-refractivity contribution >= 4 is 45.2 Å². The molecular formula is C7H6I2. The van der Waals surface area contributed by atoms with Gasteiger partial charge < -0.3 is 0 Å². The summed E-state index contributed by atoms with van der Waals surface area (Å²) in [5.74, 6) is 0. The Kier molecular flexibility index (Phi) is 3.25. The summed E-state index contributed by atoms with van der Waals surface area (Å²) in [6.07, 6.45) is 0. The van der Waals surface area contributed by atoms with Crippen LogP contribution in [0.3, 0.4) is 0 Å². The second kappa shape index (κ2) is 3.75. The van der Waals surface area contributed by atoms with Crippen molar-refractivity contribution in [1.29, 1.82) is 0 Å². The summed E-state index contributed by atoms with van der Waals surface area (Å²) in [6, 6.07) is 10.5. The normalized spacial score (nSPS) is 10.1. The number of halogens is 2. The molecule has 0 nitrogen and oxygen atoms in total. The maximum Gasteiger partial charge on any atom is 0.0874 e. The third kappa shape index (κ3) is 2.41. The predicted molar refractivity (Wildman–Crippen MR) is 57.2 cm³/mol. The van der Waals surface area contributed by atoms with Gasteiger partial charge in [0.1, 0.15) is 0 Å². The van der Waals surface area contributed by atoms with Gasteiger partial charge in [-0.2, -0.15) is 0 Å². The number of rotatable bonds is 1. The first-order valence-corrected chi connectivity index (χ1v) is 5.13. The van der Waals surface area contributed by atoms with Crippen LogP contribution in [0.5, 0.6) is 0 Å². The van der Waals surface area contributed by atoms with E-state index in [0.717, 1.165) is 0 Å². The molecule has 0 aliphatic heterocycles. The average Bonchev–Trinajstić information content (AvgIpc) is 1.90. The SMILES string of the molecule is IC(I)c1ccccc1. The zero-order valence-electron chi connectivity index (χ0n) is 4.72. The molecule has 2 heteroatoms. The Hall–Kier alpha value is 0.680. The fraction of sp³-hybridized carbons (Fsp3) is 0.143. The van der Waals surface area contributed by atoms with Gasteiger partial charge in [0.2, 0.25) is 0 Å². The lowest BCUT2D eigenvalue weighted by atomic mass is 10.2. The molecule has 1 aromatic rings. The van der Waals surface area contributed by atoms with Gasteiger partial charge in [-0.1, -0.05) is 75.5 Å². The minimum Gasteiger partial charge on any atom is -0.0657 e. The molecule has 1 rings (SSSR count). The molecule has 0 atom stereocenters. The third-order valence-corrected chi connectivity index (χ3v) is 2.49. The Morgan fingerprint density at radius 2 is 1.56 bits per heavy atom. The highest BCUT2D eigenvalue weighted by atomic mass is 127. The first kappa shape index (κ1) is 7.78. The van der Waals surface area contributed by atoms with Gasteiger partial charge in [-0.3, -0.25) is 0 Å². The first-order chi connectivity index (χ1) is 4.30. The smallest absolute Gasteiger partial charge is 0.0657 e. The molecule has 0 amide bonds. The fourth-order valence-corrected chi connectivity index (χ4v) is 1.43. The summed E-state index contributed by atoms with van der Waals surface area (Å²) < 4.78 is 0.599. The van der Waals surface area contributed by atoms with Gasteiger partial charge in [0.05, 0.1) is 1.93 Å². The summed E-state index contributed by atoms with van der Waals surface area (Å²) in [4.78, 5) is 0. The Balaban J connectivity index is 2.85. The molecule has 0 saturated heterocycles. The summed E-state index contributed by atoms with van der Waals surface area (Å²) in [5, 5.41) is 0. The van der Waals surface area contributed by atoms with E-state index in [1.807, 2.05) is 6.07 Å². The van der Waals surface area contributed by atoms with Gasteiger partial charge in [-0.05, 0) is 5.56 Å². The van der Waals surface area contributed by atoms with Gasteiger partial charge in [-0.25, -0.2) is 0 Å². The van der Waals surface area contributed by atoms with E-state index in [1.165, 1.54) is 5.56 Å². The lowest BCUT2D eigenvalue weighted by molar-refractivity contribution is 1.46. The maximum absolute atomic E-state index is 2.39. The fourth-order valence-electron chi connectivity index (χ4n) is 0.599. The molecule has 0 radical (unpaired) electrons. The highest BCUT2D eigenvalue weighted by molar-refractivity contribution is 14.2. The van der Waals surface area contributed by atoms with Crippen LogP contribution in [-0.2, 0) is 0 Å².